The largest absolute Gasteiger partial charge is 0.508 e. The Kier molecular flexibility index (Phi) is 8.55. The summed E-state index contributed by atoms with van der Waals surface area (Å²) >= 11 is 0. The number of aryl methyl sites for hydroxylation is 3. The lowest BCUT2D eigenvalue weighted by Crippen LogP contribution is -2.38. The molecule has 0 radical (unpaired) electrons. The van der Waals surface area contributed by atoms with Crippen LogP contribution in [0.15, 0.2) is 70.4 Å². The molecule has 1 aliphatic heterocycles. The minimum absolute atomic E-state index is 0.0111. The van der Waals surface area contributed by atoms with Gasteiger partial charge in [0, 0.05) is 43.9 Å². The maximum Gasteiger partial charge on any atom is 0.348 e. The van der Waals surface area contributed by atoms with Crippen LogP contribution in [-0.4, -0.2) is 73.4 Å². The quantitative estimate of drug-likeness (QED) is 0.129. The summed E-state index contributed by atoms with van der Waals surface area (Å²) in [5.41, 5.74) is 11.0. The molecule has 0 bridgehead atoms. The van der Waals surface area contributed by atoms with Gasteiger partial charge in [0.1, 0.15) is 23.0 Å². The number of rotatable bonds is 8. The highest BCUT2D eigenvalue weighted by Crippen LogP contribution is 2.38. The Labute approximate surface area is 308 Å². The van der Waals surface area contributed by atoms with Crippen LogP contribution < -0.4 is 17.0 Å². The molecule has 15 heteroatoms. The average Bonchev–Trinajstić information content (AvgIpc) is 3.85. The number of nitrogens with two attached hydrogens (primary N) is 1. The molecule has 8 rings (SSSR count). The smallest absolute Gasteiger partial charge is 0.348 e. The van der Waals surface area contributed by atoms with Gasteiger partial charge in [0.05, 0.1) is 27.7 Å². The number of aromatic hydroxyl groups is 2. The molecule has 1 saturated heterocycles. The van der Waals surface area contributed by atoms with Gasteiger partial charge >= 0.3 is 5.69 Å². The zero-order valence-corrected chi connectivity index (χ0v) is 30.1. The number of hydrogen-bond acceptors (Lipinski definition) is 9. The third-order valence-electron chi connectivity index (χ3n) is 10.5. The summed E-state index contributed by atoms with van der Waals surface area (Å²) in [5.74, 6) is 1.08. The summed E-state index contributed by atoms with van der Waals surface area (Å²) in [4.78, 5) is 55.6. The molecule has 1 amide bonds. The number of nitrogens with one attached hydrogen (secondary N) is 3. The Morgan fingerprint density at radius 1 is 0.981 bits per heavy atom. The number of anilines is 1. The number of aromatic amines is 3. The van der Waals surface area contributed by atoms with Gasteiger partial charge in [-0.15, -0.1) is 0 Å². The van der Waals surface area contributed by atoms with Crippen LogP contribution in [-0.2, 0) is 19.9 Å². The molecule has 3 aromatic carbocycles. The monoisotopic (exact) mass is 728 g/mol. The molecule has 1 fully saturated rings. The van der Waals surface area contributed by atoms with Crippen LogP contribution in [0.25, 0.3) is 39.1 Å². The Hall–Kier alpha value is -6.64. The van der Waals surface area contributed by atoms with Crippen molar-refractivity contribution in [2.45, 2.75) is 51.4 Å². The predicted octanol–water partition coefficient (Wildman–Crippen LogP) is 4.60. The zero-order chi connectivity index (χ0) is 37.8. The molecule has 15 nitrogen and oxygen atoms in total. The second-order valence-electron chi connectivity index (χ2n) is 14.2. The number of phenols is 2. The van der Waals surface area contributed by atoms with Gasteiger partial charge in [-0.3, -0.25) is 14.6 Å². The zero-order valence-electron chi connectivity index (χ0n) is 30.1. The van der Waals surface area contributed by atoms with E-state index in [1.807, 2.05) is 68.3 Å². The molecule has 1 aliphatic rings. The van der Waals surface area contributed by atoms with Crippen molar-refractivity contribution in [1.82, 2.24) is 44.2 Å². The summed E-state index contributed by atoms with van der Waals surface area (Å²) in [6.45, 7) is 5.04. The van der Waals surface area contributed by atoms with E-state index in [1.165, 1.54) is 10.6 Å². The highest BCUT2D eigenvalue weighted by Gasteiger charge is 2.28. The lowest BCUT2D eigenvalue weighted by atomic mass is 9.95. The number of amides is 1. The van der Waals surface area contributed by atoms with E-state index in [9.17, 15) is 24.6 Å². The molecule has 276 valence electrons. The molecule has 7 N–H and O–H groups in total. The van der Waals surface area contributed by atoms with E-state index in [0.29, 0.717) is 64.9 Å². The fourth-order valence-corrected chi connectivity index (χ4v) is 7.60. The first-order chi connectivity index (χ1) is 26.0. The van der Waals surface area contributed by atoms with Crippen molar-refractivity contribution in [2.24, 2.45) is 7.05 Å². The molecule has 7 aromatic rings. The van der Waals surface area contributed by atoms with Crippen LogP contribution in [0.1, 0.15) is 71.4 Å². The minimum Gasteiger partial charge on any atom is -0.508 e. The number of nitrogens with zero attached hydrogens (tertiary/aromatic N) is 6. The number of carbonyl (C=O) groups is 1. The number of H-pyrrole nitrogens is 3. The van der Waals surface area contributed by atoms with Crippen LogP contribution in [0, 0.1) is 0 Å². The first-order valence-electron chi connectivity index (χ1n) is 17.9. The molecule has 0 aliphatic carbocycles. The van der Waals surface area contributed by atoms with Crippen LogP contribution in [0.4, 0.5) is 5.95 Å². The summed E-state index contributed by atoms with van der Waals surface area (Å²) in [6, 6.07) is 16.1. The molecular formula is C39H40N10O5. The number of hydrogen-bond donors (Lipinski definition) is 6. The van der Waals surface area contributed by atoms with Gasteiger partial charge < -0.3 is 30.4 Å². The van der Waals surface area contributed by atoms with Gasteiger partial charge in [-0.2, -0.15) is 10.1 Å². The number of likely N-dealkylation sites (tertiary alicyclic amines) is 1. The first-order valence-corrected chi connectivity index (χ1v) is 17.9. The number of piperidine rings is 1. The van der Waals surface area contributed by atoms with E-state index in [2.05, 4.69) is 29.7 Å². The van der Waals surface area contributed by atoms with Gasteiger partial charge in [0.15, 0.2) is 5.82 Å². The summed E-state index contributed by atoms with van der Waals surface area (Å²) < 4.78 is 3.46. The second kappa shape index (κ2) is 13.4. The number of aromatic nitrogens is 8. The van der Waals surface area contributed by atoms with Gasteiger partial charge in [0.25, 0.3) is 11.5 Å². The van der Waals surface area contributed by atoms with Crippen molar-refractivity contribution < 1.29 is 15.0 Å². The van der Waals surface area contributed by atoms with Crippen LogP contribution in [0.3, 0.4) is 0 Å². The Balaban J connectivity index is 0.947. The molecular weight excluding hydrogens is 688 g/mol. The molecule has 0 saturated carbocycles. The number of phenolic OH excluding ortho intramolecular Hbond substituents is 2. The van der Waals surface area contributed by atoms with Crippen LogP contribution >= 0.6 is 0 Å². The van der Waals surface area contributed by atoms with Crippen molar-refractivity contribution in [1.29, 1.82) is 0 Å². The van der Waals surface area contributed by atoms with Crippen molar-refractivity contribution >= 4 is 33.9 Å². The number of imidazole rings is 1. The average molecular weight is 729 g/mol. The van der Waals surface area contributed by atoms with Crippen LogP contribution in [0.5, 0.6) is 11.5 Å². The standard InChI is InChI=1S/C39H40N10O5/c1-20(2)26-17-27(31(51)18-30(26)50)35-45-46-39(54)49(35)25-10-11-29-28(16-25)42-34(47(29)3)22-12-14-48(15-13-22)37(53)23-7-4-21(5-8-23)6-9-24-19-41-33-32(24)36(52)44-38(40)43-33/h4-5,7-8,10-11,16-20,22,50-51H,6,9,12-15H2,1-3H3,(H,46,54)(H4,40,41,43,44,52). The highest BCUT2D eigenvalue weighted by molar-refractivity contribution is 5.94. The fraction of sp³-hybridized carbons (Fsp3) is 0.282. The third kappa shape index (κ3) is 6.06. The highest BCUT2D eigenvalue weighted by atomic mass is 16.3. The van der Waals surface area contributed by atoms with E-state index in [4.69, 9.17) is 10.7 Å². The van der Waals surface area contributed by atoms with E-state index < -0.39 is 5.69 Å². The lowest BCUT2D eigenvalue weighted by molar-refractivity contribution is 0.0710. The Bertz CT molecular complexity index is 2670. The molecule has 0 spiro atoms. The maximum absolute atomic E-state index is 13.5. The maximum atomic E-state index is 13.5. The van der Waals surface area contributed by atoms with E-state index in [1.54, 1.807) is 12.3 Å². The van der Waals surface area contributed by atoms with Crippen molar-refractivity contribution in [3.8, 4) is 28.6 Å². The van der Waals surface area contributed by atoms with Gasteiger partial charge in [-0.05, 0) is 84.7 Å². The molecule has 54 heavy (non-hydrogen) atoms. The second-order valence-corrected chi connectivity index (χ2v) is 14.2. The van der Waals surface area contributed by atoms with Crippen molar-refractivity contribution in [2.75, 3.05) is 18.8 Å². The van der Waals surface area contributed by atoms with E-state index >= 15 is 0 Å². The van der Waals surface area contributed by atoms with Crippen molar-refractivity contribution in [3.63, 3.8) is 0 Å². The summed E-state index contributed by atoms with van der Waals surface area (Å²) in [6.07, 6.45) is 4.61. The third-order valence-corrected chi connectivity index (χ3v) is 10.5. The number of fused-ring (bicyclic) bond motifs is 2. The minimum atomic E-state index is -0.474. The van der Waals surface area contributed by atoms with Crippen LogP contribution in [0.2, 0.25) is 0 Å². The topological polar surface area (TPSA) is 217 Å². The number of benzene rings is 3. The predicted molar refractivity (Wildman–Crippen MR) is 204 cm³/mol. The Morgan fingerprint density at radius 3 is 2.48 bits per heavy atom. The summed E-state index contributed by atoms with van der Waals surface area (Å²) in [5, 5.41) is 28.3. The van der Waals surface area contributed by atoms with Gasteiger partial charge in [-0.25, -0.2) is 19.4 Å². The Morgan fingerprint density at radius 2 is 1.74 bits per heavy atom. The normalized spacial score (nSPS) is 13.8. The van der Waals surface area contributed by atoms with Gasteiger partial charge in [-0.1, -0.05) is 26.0 Å². The lowest BCUT2D eigenvalue weighted by Gasteiger charge is -2.31. The first kappa shape index (κ1) is 34.4. The SMILES string of the molecule is CC(C)c1cc(-c2n[nH]c(=O)n2-c2ccc3c(c2)nc(C2CCN(C(=O)c4ccc(CCc5c[nH]c6nc(N)[nH]c(=O)c56)cc4)CC2)n3C)c(O)cc1O. The molecule has 0 unspecified atom stereocenters. The van der Waals surface area contributed by atoms with E-state index in [0.717, 1.165) is 35.3 Å². The van der Waals surface area contributed by atoms with E-state index in [-0.39, 0.29) is 46.6 Å². The molecule has 5 heterocycles. The molecule has 4 aromatic heterocycles. The fourth-order valence-electron chi connectivity index (χ4n) is 7.60. The van der Waals surface area contributed by atoms with Crippen molar-refractivity contribution in [3.05, 3.63) is 110 Å². The number of nitrogen functional groups attached to an aromatic ring is 1. The van der Waals surface area contributed by atoms with Gasteiger partial charge in [0.2, 0.25) is 5.95 Å². The molecule has 0 atom stereocenters. The number of carbonyl (C=O) groups excluding carboxylic acids is 1. The summed E-state index contributed by atoms with van der Waals surface area (Å²) in [7, 11) is 1.98.